The van der Waals surface area contributed by atoms with Gasteiger partial charge in [-0.05, 0) is 24.0 Å². The number of anilines is 1. The van der Waals surface area contributed by atoms with Crippen LogP contribution in [0.4, 0.5) is 11.4 Å². The SMILES string of the molecule is CC(C)(C)C1=CCN(c2ccc([N+](=O)[O-])c(C=O)c2)CC1. The normalized spacial score (nSPS) is 15.6. The third-order valence-corrected chi connectivity index (χ3v) is 3.87. The summed E-state index contributed by atoms with van der Waals surface area (Å²) in [7, 11) is 0. The van der Waals surface area contributed by atoms with Gasteiger partial charge in [0, 0.05) is 24.8 Å². The Labute approximate surface area is 124 Å². The van der Waals surface area contributed by atoms with Crippen LogP contribution >= 0.6 is 0 Å². The number of aldehydes is 1. The molecule has 0 unspecified atom stereocenters. The van der Waals surface area contributed by atoms with Gasteiger partial charge >= 0.3 is 0 Å². The van der Waals surface area contributed by atoms with E-state index in [1.165, 1.54) is 11.6 Å². The first-order valence-corrected chi connectivity index (χ1v) is 7.01. The summed E-state index contributed by atoms with van der Waals surface area (Å²) in [4.78, 5) is 23.5. The van der Waals surface area contributed by atoms with Crippen molar-refractivity contribution in [2.75, 3.05) is 18.0 Å². The predicted molar refractivity (Wildman–Crippen MR) is 82.9 cm³/mol. The number of rotatable bonds is 3. The Bertz CT molecular complexity index is 600. The predicted octanol–water partition coefficient (Wildman–Crippen LogP) is 3.59. The molecule has 0 fully saturated rings. The van der Waals surface area contributed by atoms with Crippen LogP contribution in [0, 0.1) is 15.5 Å². The minimum Gasteiger partial charge on any atom is -0.367 e. The van der Waals surface area contributed by atoms with Crippen molar-refractivity contribution in [3.8, 4) is 0 Å². The summed E-state index contributed by atoms with van der Waals surface area (Å²) in [6, 6.07) is 4.71. The highest BCUT2D eigenvalue weighted by atomic mass is 16.6. The van der Waals surface area contributed by atoms with Gasteiger partial charge in [-0.3, -0.25) is 14.9 Å². The molecule has 112 valence electrons. The van der Waals surface area contributed by atoms with Gasteiger partial charge in [-0.1, -0.05) is 32.4 Å². The van der Waals surface area contributed by atoms with Crippen LogP contribution in [-0.2, 0) is 0 Å². The van der Waals surface area contributed by atoms with E-state index in [0.29, 0.717) is 6.29 Å². The molecule has 5 heteroatoms. The second-order valence-electron chi connectivity index (χ2n) is 6.29. The summed E-state index contributed by atoms with van der Waals surface area (Å²) in [5.74, 6) is 0. The molecule has 1 aliphatic heterocycles. The number of hydrogen-bond donors (Lipinski definition) is 0. The average molecular weight is 288 g/mol. The number of benzene rings is 1. The molecule has 21 heavy (non-hydrogen) atoms. The largest absolute Gasteiger partial charge is 0.367 e. The lowest BCUT2D eigenvalue weighted by molar-refractivity contribution is -0.385. The highest BCUT2D eigenvalue weighted by Crippen LogP contribution is 2.32. The molecule has 5 nitrogen and oxygen atoms in total. The van der Waals surface area contributed by atoms with E-state index in [0.717, 1.165) is 25.2 Å². The molecule has 0 spiro atoms. The van der Waals surface area contributed by atoms with Crippen LogP contribution in [0.1, 0.15) is 37.6 Å². The Balaban J connectivity index is 2.23. The molecule has 1 aliphatic rings. The van der Waals surface area contributed by atoms with E-state index in [1.54, 1.807) is 12.1 Å². The lowest BCUT2D eigenvalue weighted by Gasteiger charge is -2.33. The number of nitro groups is 1. The summed E-state index contributed by atoms with van der Waals surface area (Å²) < 4.78 is 0. The van der Waals surface area contributed by atoms with Gasteiger partial charge in [0.25, 0.3) is 5.69 Å². The molecule has 1 heterocycles. The van der Waals surface area contributed by atoms with Crippen molar-refractivity contribution < 1.29 is 9.72 Å². The maximum Gasteiger partial charge on any atom is 0.280 e. The zero-order chi connectivity index (χ0) is 15.6. The van der Waals surface area contributed by atoms with Crippen LogP contribution in [-0.4, -0.2) is 24.3 Å². The van der Waals surface area contributed by atoms with E-state index in [4.69, 9.17) is 0 Å². The summed E-state index contributed by atoms with van der Waals surface area (Å²) in [6.07, 6.45) is 3.73. The zero-order valence-electron chi connectivity index (χ0n) is 12.6. The van der Waals surface area contributed by atoms with Crippen LogP contribution in [0.25, 0.3) is 0 Å². The summed E-state index contributed by atoms with van der Waals surface area (Å²) >= 11 is 0. The molecular weight excluding hydrogens is 268 g/mol. The Morgan fingerprint density at radius 2 is 2.05 bits per heavy atom. The maximum absolute atomic E-state index is 11.0. The monoisotopic (exact) mass is 288 g/mol. The van der Waals surface area contributed by atoms with E-state index in [1.807, 2.05) is 0 Å². The molecule has 0 aromatic heterocycles. The van der Waals surface area contributed by atoms with Crippen LogP contribution in [0.5, 0.6) is 0 Å². The first-order valence-electron chi connectivity index (χ1n) is 7.01. The smallest absolute Gasteiger partial charge is 0.280 e. The molecular formula is C16H20N2O3. The molecule has 0 atom stereocenters. The molecule has 0 bridgehead atoms. The highest BCUT2D eigenvalue weighted by molar-refractivity contribution is 5.83. The van der Waals surface area contributed by atoms with Crippen molar-refractivity contribution in [2.24, 2.45) is 5.41 Å². The van der Waals surface area contributed by atoms with Crippen molar-refractivity contribution in [2.45, 2.75) is 27.2 Å². The summed E-state index contributed by atoms with van der Waals surface area (Å²) in [5, 5.41) is 10.8. The molecule has 1 aromatic rings. The fourth-order valence-corrected chi connectivity index (χ4v) is 2.58. The van der Waals surface area contributed by atoms with Crippen LogP contribution in [0.15, 0.2) is 29.8 Å². The Morgan fingerprint density at radius 1 is 1.33 bits per heavy atom. The van der Waals surface area contributed by atoms with E-state index in [2.05, 4.69) is 31.7 Å². The number of carbonyl (C=O) groups excluding carboxylic acids is 1. The summed E-state index contributed by atoms with van der Waals surface area (Å²) in [6.45, 7) is 8.22. The van der Waals surface area contributed by atoms with E-state index in [-0.39, 0.29) is 16.7 Å². The number of nitrogens with zero attached hydrogens (tertiary/aromatic N) is 2. The van der Waals surface area contributed by atoms with Gasteiger partial charge in [-0.2, -0.15) is 0 Å². The highest BCUT2D eigenvalue weighted by Gasteiger charge is 2.22. The van der Waals surface area contributed by atoms with E-state index < -0.39 is 4.92 Å². The molecule has 0 amide bonds. The van der Waals surface area contributed by atoms with Crippen molar-refractivity contribution >= 4 is 17.7 Å². The molecule has 0 radical (unpaired) electrons. The van der Waals surface area contributed by atoms with Gasteiger partial charge in [0.15, 0.2) is 6.29 Å². The molecule has 0 N–H and O–H groups in total. The Kier molecular flexibility index (Phi) is 4.11. The quantitative estimate of drug-likeness (QED) is 0.369. The molecule has 0 saturated carbocycles. The van der Waals surface area contributed by atoms with Gasteiger partial charge < -0.3 is 4.90 Å². The summed E-state index contributed by atoms with van der Waals surface area (Å²) in [5.41, 5.74) is 2.44. The van der Waals surface area contributed by atoms with Gasteiger partial charge in [-0.25, -0.2) is 0 Å². The fraction of sp³-hybridized carbons (Fsp3) is 0.438. The van der Waals surface area contributed by atoms with E-state index >= 15 is 0 Å². The lowest BCUT2D eigenvalue weighted by atomic mass is 9.83. The lowest BCUT2D eigenvalue weighted by Crippen LogP contribution is -2.31. The van der Waals surface area contributed by atoms with Crippen LogP contribution in [0.2, 0.25) is 0 Å². The Hall–Kier alpha value is -2.17. The van der Waals surface area contributed by atoms with Crippen LogP contribution < -0.4 is 4.90 Å². The Morgan fingerprint density at radius 3 is 2.52 bits per heavy atom. The molecule has 0 aliphatic carbocycles. The minimum absolute atomic E-state index is 0.128. The third-order valence-electron chi connectivity index (χ3n) is 3.87. The second kappa shape index (κ2) is 5.68. The molecule has 0 saturated heterocycles. The maximum atomic E-state index is 11.0. The number of hydrogen-bond acceptors (Lipinski definition) is 4. The van der Waals surface area contributed by atoms with Crippen molar-refractivity contribution in [1.82, 2.24) is 0 Å². The van der Waals surface area contributed by atoms with E-state index in [9.17, 15) is 14.9 Å². The van der Waals surface area contributed by atoms with Crippen molar-refractivity contribution in [3.05, 3.63) is 45.5 Å². The van der Waals surface area contributed by atoms with Gasteiger partial charge in [0.05, 0.1) is 10.5 Å². The van der Waals surface area contributed by atoms with Gasteiger partial charge in [0.1, 0.15) is 0 Å². The first-order chi connectivity index (χ1) is 9.82. The van der Waals surface area contributed by atoms with Crippen molar-refractivity contribution in [3.63, 3.8) is 0 Å². The average Bonchev–Trinajstić information content (AvgIpc) is 2.45. The standard InChI is InChI=1S/C16H20N2O3/c1-16(2,3)13-6-8-17(9-7-13)14-4-5-15(18(20)21)12(10-14)11-19/h4-6,10-11H,7-9H2,1-3H3. The second-order valence-corrected chi connectivity index (χ2v) is 6.29. The zero-order valence-corrected chi connectivity index (χ0v) is 12.6. The fourth-order valence-electron chi connectivity index (χ4n) is 2.58. The van der Waals surface area contributed by atoms with Gasteiger partial charge in [0.2, 0.25) is 0 Å². The number of nitro benzene ring substituents is 1. The third kappa shape index (κ3) is 3.29. The number of carbonyl (C=O) groups is 1. The van der Waals surface area contributed by atoms with Gasteiger partial charge in [-0.15, -0.1) is 0 Å². The first kappa shape index (κ1) is 15.2. The van der Waals surface area contributed by atoms with Crippen molar-refractivity contribution in [1.29, 1.82) is 0 Å². The van der Waals surface area contributed by atoms with Crippen LogP contribution in [0.3, 0.4) is 0 Å². The topological polar surface area (TPSA) is 63.4 Å². The molecule has 1 aromatic carbocycles. The molecule has 2 rings (SSSR count). The minimum atomic E-state index is -0.526.